The number of nitriles is 1. The maximum Gasteiger partial charge on any atom is 0.387 e. The number of halogens is 2. The lowest BCUT2D eigenvalue weighted by atomic mass is 10.1. The Labute approximate surface area is 108 Å². The normalized spacial score (nSPS) is 9.89. The number of carbonyl (C=O) groups is 1. The van der Waals surface area contributed by atoms with E-state index in [1.54, 1.807) is 6.07 Å². The second-order valence-electron chi connectivity index (χ2n) is 3.42. The minimum Gasteiger partial charge on any atom is -0.492 e. The van der Waals surface area contributed by atoms with E-state index in [-0.39, 0.29) is 23.5 Å². The average molecular weight is 271 g/mol. The molecule has 19 heavy (non-hydrogen) atoms. The first-order valence-electron chi connectivity index (χ1n) is 5.14. The SMILES string of the molecule is COC(=O)Cc1cc(C#N)c(OC)c(OC(F)F)c1. The minimum atomic E-state index is -3.06. The first-order chi connectivity index (χ1) is 9.01. The van der Waals surface area contributed by atoms with E-state index in [1.165, 1.54) is 26.4 Å². The smallest absolute Gasteiger partial charge is 0.387 e. The molecule has 0 unspecified atom stereocenters. The Morgan fingerprint density at radius 2 is 2.11 bits per heavy atom. The third-order valence-corrected chi connectivity index (χ3v) is 2.23. The molecular weight excluding hydrogens is 260 g/mol. The zero-order valence-electron chi connectivity index (χ0n) is 10.3. The summed E-state index contributed by atoms with van der Waals surface area (Å²) < 4.78 is 38.2. The molecule has 0 fully saturated rings. The molecule has 0 aromatic heterocycles. The lowest BCUT2D eigenvalue weighted by molar-refractivity contribution is -0.139. The number of ether oxygens (including phenoxy) is 3. The molecule has 1 rings (SSSR count). The summed E-state index contributed by atoms with van der Waals surface area (Å²) in [4.78, 5) is 11.1. The fourth-order valence-electron chi connectivity index (χ4n) is 1.48. The Bertz CT molecular complexity index is 511. The highest BCUT2D eigenvalue weighted by Gasteiger charge is 2.17. The van der Waals surface area contributed by atoms with Crippen molar-refractivity contribution in [1.29, 1.82) is 5.26 Å². The quantitative estimate of drug-likeness (QED) is 0.765. The number of alkyl halides is 2. The summed E-state index contributed by atoms with van der Waals surface area (Å²) in [6.07, 6.45) is -0.158. The molecule has 0 atom stereocenters. The molecule has 0 aliphatic carbocycles. The molecule has 1 aromatic carbocycles. The minimum absolute atomic E-state index is 0.000414. The third-order valence-electron chi connectivity index (χ3n) is 2.23. The van der Waals surface area contributed by atoms with Crippen molar-refractivity contribution in [2.45, 2.75) is 13.0 Å². The van der Waals surface area contributed by atoms with Crippen molar-refractivity contribution in [3.8, 4) is 17.6 Å². The summed E-state index contributed by atoms with van der Waals surface area (Å²) >= 11 is 0. The van der Waals surface area contributed by atoms with Gasteiger partial charge in [0.1, 0.15) is 6.07 Å². The predicted octanol–water partition coefficient (Wildman–Crippen LogP) is 1.88. The van der Waals surface area contributed by atoms with Crippen LogP contribution < -0.4 is 9.47 Å². The van der Waals surface area contributed by atoms with Crippen LogP contribution in [0.5, 0.6) is 11.5 Å². The number of esters is 1. The molecule has 0 amide bonds. The van der Waals surface area contributed by atoms with Gasteiger partial charge in [-0.15, -0.1) is 0 Å². The molecule has 5 nitrogen and oxygen atoms in total. The fourth-order valence-corrected chi connectivity index (χ4v) is 1.48. The van der Waals surface area contributed by atoms with Crippen LogP contribution in [0.2, 0.25) is 0 Å². The Morgan fingerprint density at radius 3 is 2.58 bits per heavy atom. The van der Waals surface area contributed by atoms with Gasteiger partial charge in [-0.05, 0) is 17.7 Å². The maximum atomic E-state index is 12.3. The second-order valence-corrected chi connectivity index (χ2v) is 3.42. The summed E-state index contributed by atoms with van der Waals surface area (Å²) in [7, 11) is 2.43. The first-order valence-corrected chi connectivity index (χ1v) is 5.14. The molecule has 7 heteroatoms. The molecule has 0 bridgehead atoms. The van der Waals surface area contributed by atoms with Crippen molar-refractivity contribution in [1.82, 2.24) is 0 Å². The van der Waals surface area contributed by atoms with E-state index in [9.17, 15) is 13.6 Å². The van der Waals surface area contributed by atoms with Gasteiger partial charge in [-0.2, -0.15) is 14.0 Å². The van der Waals surface area contributed by atoms with Crippen molar-refractivity contribution >= 4 is 5.97 Å². The summed E-state index contributed by atoms with van der Waals surface area (Å²) in [6.45, 7) is -3.06. The van der Waals surface area contributed by atoms with Crippen molar-refractivity contribution in [2.24, 2.45) is 0 Å². The second kappa shape index (κ2) is 6.54. The van der Waals surface area contributed by atoms with Crippen LogP contribution in [0.15, 0.2) is 12.1 Å². The van der Waals surface area contributed by atoms with Gasteiger partial charge in [-0.25, -0.2) is 0 Å². The first kappa shape index (κ1) is 14.7. The van der Waals surface area contributed by atoms with E-state index in [1.807, 2.05) is 0 Å². The highest BCUT2D eigenvalue weighted by Crippen LogP contribution is 2.33. The molecule has 0 heterocycles. The molecule has 0 aliphatic rings. The molecule has 0 N–H and O–H groups in total. The monoisotopic (exact) mass is 271 g/mol. The topological polar surface area (TPSA) is 68.6 Å². The number of carbonyl (C=O) groups excluding carboxylic acids is 1. The van der Waals surface area contributed by atoms with Crippen LogP contribution >= 0.6 is 0 Å². The number of hydrogen-bond donors (Lipinski definition) is 0. The van der Waals surface area contributed by atoms with Crippen molar-refractivity contribution in [3.05, 3.63) is 23.3 Å². The molecular formula is C12H11F2NO4. The van der Waals surface area contributed by atoms with Gasteiger partial charge in [-0.1, -0.05) is 0 Å². The van der Waals surface area contributed by atoms with Gasteiger partial charge in [0, 0.05) is 0 Å². The highest BCUT2D eigenvalue weighted by atomic mass is 19.3. The lowest BCUT2D eigenvalue weighted by Gasteiger charge is -2.12. The Kier molecular flexibility index (Phi) is 5.06. The van der Waals surface area contributed by atoms with Crippen molar-refractivity contribution in [2.75, 3.05) is 14.2 Å². The van der Waals surface area contributed by atoms with Crippen LogP contribution in [0.3, 0.4) is 0 Å². The summed E-state index contributed by atoms with van der Waals surface area (Å²) in [5.74, 6) is -0.955. The largest absolute Gasteiger partial charge is 0.492 e. The van der Waals surface area contributed by atoms with E-state index in [0.29, 0.717) is 5.56 Å². The summed E-state index contributed by atoms with van der Waals surface area (Å²) in [5, 5.41) is 8.93. The highest BCUT2D eigenvalue weighted by molar-refractivity contribution is 5.73. The van der Waals surface area contributed by atoms with E-state index in [0.717, 1.165) is 0 Å². The van der Waals surface area contributed by atoms with E-state index in [4.69, 9.17) is 10.00 Å². The molecule has 0 saturated carbocycles. The van der Waals surface area contributed by atoms with Crippen molar-refractivity contribution in [3.63, 3.8) is 0 Å². The van der Waals surface area contributed by atoms with Crippen molar-refractivity contribution < 1.29 is 27.8 Å². The number of nitrogens with zero attached hydrogens (tertiary/aromatic N) is 1. The van der Waals surface area contributed by atoms with Crippen LogP contribution in [-0.2, 0) is 16.0 Å². The van der Waals surface area contributed by atoms with Gasteiger partial charge in [-0.3, -0.25) is 4.79 Å². The number of rotatable bonds is 5. The number of hydrogen-bond acceptors (Lipinski definition) is 5. The number of methoxy groups -OCH3 is 2. The van der Waals surface area contributed by atoms with E-state index >= 15 is 0 Å². The van der Waals surface area contributed by atoms with Crippen LogP contribution in [0.1, 0.15) is 11.1 Å². The van der Waals surface area contributed by atoms with Gasteiger partial charge in [0.2, 0.25) is 0 Å². The van der Waals surface area contributed by atoms with Gasteiger partial charge in [0.15, 0.2) is 11.5 Å². The van der Waals surface area contributed by atoms with Gasteiger partial charge in [0.25, 0.3) is 0 Å². The average Bonchev–Trinajstić information content (AvgIpc) is 2.37. The molecule has 102 valence electrons. The third kappa shape index (κ3) is 3.81. The van der Waals surface area contributed by atoms with E-state index in [2.05, 4.69) is 9.47 Å². The van der Waals surface area contributed by atoms with Gasteiger partial charge < -0.3 is 14.2 Å². The summed E-state index contributed by atoms with van der Waals surface area (Å²) in [6, 6.07) is 4.36. The molecule has 0 radical (unpaired) electrons. The molecule has 0 aliphatic heterocycles. The van der Waals surface area contributed by atoms with Crippen LogP contribution in [0.4, 0.5) is 8.78 Å². The zero-order valence-corrected chi connectivity index (χ0v) is 10.3. The van der Waals surface area contributed by atoms with Crippen LogP contribution in [0, 0.1) is 11.3 Å². The standard InChI is InChI=1S/C12H11F2NO4/c1-17-10(16)5-7-3-8(6-15)11(18-2)9(4-7)19-12(13)14/h3-4,12H,5H2,1-2H3. The molecule has 1 aromatic rings. The summed E-state index contributed by atoms with van der Waals surface area (Å²) in [5.41, 5.74) is 0.319. The predicted molar refractivity (Wildman–Crippen MR) is 60.1 cm³/mol. The van der Waals surface area contributed by atoms with E-state index < -0.39 is 12.6 Å². The van der Waals surface area contributed by atoms with Gasteiger partial charge >= 0.3 is 12.6 Å². The Morgan fingerprint density at radius 1 is 1.42 bits per heavy atom. The fraction of sp³-hybridized carbons (Fsp3) is 0.333. The number of benzene rings is 1. The Balaban J connectivity index is 3.22. The molecule has 0 spiro atoms. The zero-order chi connectivity index (χ0) is 14.4. The van der Waals surface area contributed by atoms with Crippen LogP contribution in [-0.4, -0.2) is 26.8 Å². The lowest BCUT2D eigenvalue weighted by Crippen LogP contribution is -2.08. The van der Waals surface area contributed by atoms with Gasteiger partial charge in [0.05, 0.1) is 26.2 Å². The maximum absolute atomic E-state index is 12.3. The molecule has 0 saturated heterocycles. The van der Waals surface area contributed by atoms with Crippen LogP contribution in [0.25, 0.3) is 0 Å². The Hall–Kier alpha value is -2.36.